The Morgan fingerprint density at radius 2 is 0.889 bits per heavy atom. The minimum atomic E-state index is -2.22. The minimum absolute atomic E-state index is 0.280. The second-order valence-corrected chi connectivity index (χ2v) is 17.1. The van der Waals surface area contributed by atoms with Crippen molar-refractivity contribution in [1.82, 2.24) is 4.90 Å². The van der Waals surface area contributed by atoms with Gasteiger partial charge in [0.15, 0.2) is 0 Å². The van der Waals surface area contributed by atoms with Crippen LogP contribution in [0.5, 0.6) is 0 Å². The fourth-order valence-electron chi connectivity index (χ4n) is 4.42. The van der Waals surface area contributed by atoms with Crippen LogP contribution in [0.15, 0.2) is 0 Å². The molecular formula is C28H65NO5P2. The molecule has 8 heteroatoms. The standard InChI is InChI=1S/C28H65NO5P2/c1-9-19-31-35(24-13-5,32-20-10-2)26-17-29(16-15-23-30-28(7)8)18-27-36(25-14-6,33-21-11-3)34-22-12-4/h28,35-36H,9-27H2,1-8H3. The molecule has 0 aliphatic rings. The normalized spacial score (nSPS) is 13.7. The molecule has 0 atom stereocenters. The number of hydrogen-bond acceptors (Lipinski definition) is 6. The average Bonchev–Trinajstić information content (AvgIpc) is 2.87. The fraction of sp³-hybridized carbons (Fsp3) is 1.00. The number of nitrogens with zero attached hydrogens (tertiary/aromatic N) is 1. The number of ether oxygens (including phenoxy) is 1. The van der Waals surface area contributed by atoms with Gasteiger partial charge in [-0.15, -0.1) is 0 Å². The third kappa shape index (κ3) is 17.3. The molecule has 0 bridgehead atoms. The first-order chi connectivity index (χ1) is 17.4. The monoisotopic (exact) mass is 557 g/mol. The molecule has 0 fully saturated rings. The topological polar surface area (TPSA) is 49.4 Å². The van der Waals surface area contributed by atoms with Gasteiger partial charge in [0.25, 0.3) is 0 Å². The quantitative estimate of drug-likeness (QED) is 0.0759. The molecular weight excluding hydrogens is 492 g/mol. The molecule has 222 valence electrons. The first-order valence-electron chi connectivity index (χ1n) is 15.3. The van der Waals surface area contributed by atoms with Gasteiger partial charge >= 0.3 is 227 Å². The van der Waals surface area contributed by atoms with Crippen LogP contribution in [0.25, 0.3) is 0 Å². The van der Waals surface area contributed by atoms with Gasteiger partial charge in [-0.05, 0) is 0 Å². The Morgan fingerprint density at radius 3 is 1.19 bits per heavy atom. The summed E-state index contributed by atoms with van der Waals surface area (Å²) in [6, 6.07) is 0. The van der Waals surface area contributed by atoms with Crippen LogP contribution in [0.3, 0.4) is 0 Å². The van der Waals surface area contributed by atoms with Gasteiger partial charge in [0.05, 0.1) is 0 Å². The van der Waals surface area contributed by atoms with Gasteiger partial charge in [0.1, 0.15) is 0 Å². The molecule has 0 saturated heterocycles. The van der Waals surface area contributed by atoms with E-state index in [4.69, 9.17) is 22.8 Å². The van der Waals surface area contributed by atoms with E-state index in [1.807, 2.05) is 0 Å². The van der Waals surface area contributed by atoms with Crippen molar-refractivity contribution in [2.24, 2.45) is 0 Å². The molecule has 36 heavy (non-hydrogen) atoms. The van der Waals surface area contributed by atoms with Crippen molar-refractivity contribution in [1.29, 1.82) is 0 Å². The maximum absolute atomic E-state index is 6.54. The predicted octanol–water partition coefficient (Wildman–Crippen LogP) is 7.79. The van der Waals surface area contributed by atoms with Crippen LogP contribution in [0.2, 0.25) is 0 Å². The summed E-state index contributed by atoms with van der Waals surface area (Å²) in [6.07, 6.45) is 11.9. The van der Waals surface area contributed by atoms with Crippen molar-refractivity contribution in [3.05, 3.63) is 0 Å². The summed E-state index contributed by atoms with van der Waals surface area (Å²) in [5, 5.41) is 0. The van der Waals surface area contributed by atoms with Crippen LogP contribution in [-0.2, 0) is 22.8 Å². The average molecular weight is 558 g/mol. The number of rotatable bonds is 27. The van der Waals surface area contributed by atoms with E-state index in [2.05, 4.69) is 60.3 Å². The molecule has 0 saturated carbocycles. The Morgan fingerprint density at radius 1 is 0.500 bits per heavy atom. The van der Waals surface area contributed by atoms with E-state index in [0.29, 0.717) is 0 Å². The van der Waals surface area contributed by atoms with Crippen molar-refractivity contribution in [3.63, 3.8) is 0 Å². The summed E-state index contributed by atoms with van der Waals surface area (Å²) < 4.78 is 32.0. The second-order valence-electron chi connectivity index (χ2n) is 10.3. The van der Waals surface area contributed by atoms with Crippen molar-refractivity contribution >= 4 is 15.4 Å². The van der Waals surface area contributed by atoms with Gasteiger partial charge < -0.3 is 0 Å². The SMILES string of the molecule is CCCO[PH](CCC)(CCN(CCCOC(C)C)CC[PH](CCC)(OCCC)OCCC)OCCC. The van der Waals surface area contributed by atoms with Gasteiger partial charge in [-0.3, -0.25) is 0 Å². The van der Waals surface area contributed by atoms with Crippen LogP contribution in [-0.4, -0.2) is 88.3 Å². The molecule has 0 aromatic rings. The Bertz CT molecular complexity index is 435. The van der Waals surface area contributed by atoms with Crippen LogP contribution in [0, 0.1) is 0 Å². The molecule has 0 aromatic heterocycles. The summed E-state index contributed by atoms with van der Waals surface area (Å²) in [5.74, 6) is 0. The van der Waals surface area contributed by atoms with Crippen LogP contribution in [0.1, 0.15) is 100 Å². The molecule has 0 heterocycles. The molecule has 0 N–H and O–H groups in total. The van der Waals surface area contributed by atoms with Crippen LogP contribution in [0.4, 0.5) is 0 Å². The van der Waals surface area contributed by atoms with Gasteiger partial charge in [0, 0.05) is 0 Å². The summed E-state index contributed by atoms with van der Waals surface area (Å²) in [7, 11) is -4.44. The van der Waals surface area contributed by atoms with Gasteiger partial charge in [-0.2, -0.15) is 0 Å². The second kappa shape index (κ2) is 23.5. The van der Waals surface area contributed by atoms with Gasteiger partial charge in [-0.1, -0.05) is 0 Å². The van der Waals surface area contributed by atoms with E-state index in [1.165, 1.54) is 0 Å². The maximum atomic E-state index is 6.54. The molecule has 0 aliphatic carbocycles. The van der Waals surface area contributed by atoms with Crippen LogP contribution < -0.4 is 0 Å². The predicted molar refractivity (Wildman–Crippen MR) is 164 cm³/mol. The fourth-order valence-corrected chi connectivity index (χ4v) is 11.4. The molecule has 0 aromatic carbocycles. The molecule has 0 radical (unpaired) electrons. The number of hydrogen-bond donors (Lipinski definition) is 0. The van der Waals surface area contributed by atoms with Crippen molar-refractivity contribution in [2.75, 3.05) is 77.3 Å². The van der Waals surface area contributed by atoms with Gasteiger partial charge in [0.2, 0.25) is 0 Å². The zero-order chi connectivity index (χ0) is 27.1. The molecule has 0 amide bonds. The summed E-state index contributed by atoms with van der Waals surface area (Å²) in [6.45, 7) is 24.6. The first-order valence-corrected chi connectivity index (χ1v) is 19.7. The summed E-state index contributed by atoms with van der Waals surface area (Å²) in [4.78, 5) is 2.62. The van der Waals surface area contributed by atoms with E-state index in [1.54, 1.807) is 0 Å². The van der Waals surface area contributed by atoms with E-state index < -0.39 is 15.4 Å². The Labute approximate surface area is 226 Å². The van der Waals surface area contributed by atoms with Crippen molar-refractivity contribution < 1.29 is 22.8 Å². The van der Waals surface area contributed by atoms with E-state index in [-0.39, 0.29) is 6.10 Å². The Balaban J connectivity index is 5.53. The molecule has 6 nitrogen and oxygen atoms in total. The summed E-state index contributed by atoms with van der Waals surface area (Å²) in [5.41, 5.74) is 0. The third-order valence-corrected chi connectivity index (χ3v) is 13.6. The zero-order valence-corrected chi connectivity index (χ0v) is 27.5. The Hall–Kier alpha value is 0.620. The molecule has 0 aliphatic heterocycles. The third-order valence-electron chi connectivity index (χ3n) is 6.23. The summed E-state index contributed by atoms with van der Waals surface area (Å²) >= 11 is 0. The van der Waals surface area contributed by atoms with Crippen LogP contribution >= 0.6 is 15.4 Å². The Kier molecular flexibility index (Phi) is 23.9. The zero-order valence-electron chi connectivity index (χ0n) is 25.5. The molecule has 0 spiro atoms. The first kappa shape index (κ1) is 36.6. The van der Waals surface area contributed by atoms with Crippen molar-refractivity contribution in [2.45, 2.75) is 106 Å². The van der Waals surface area contributed by atoms with Crippen molar-refractivity contribution in [3.8, 4) is 0 Å². The van der Waals surface area contributed by atoms with E-state index >= 15 is 0 Å². The molecule has 0 unspecified atom stereocenters. The van der Waals surface area contributed by atoms with E-state index in [0.717, 1.165) is 122 Å². The van der Waals surface area contributed by atoms with E-state index in [9.17, 15) is 0 Å². The van der Waals surface area contributed by atoms with Gasteiger partial charge in [-0.25, -0.2) is 0 Å². The molecule has 0 rings (SSSR count).